The van der Waals surface area contributed by atoms with Crippen molar-refractivity contribution in [3.63, 3.8) is 0 Å². The SMILES string of the molecule is OCCC1CCN(Cc2cccc(C(F)(F)F)c2)C1. The van der Waals surface area contributed by atoms with Crippen molar-refractivity contribution in [3.05, 3.63) is 35.4 Å². The van der Waals surface area contributed by atoms with Crippen LogP contribution >= 0.6 is 0 Å². The van der Waals surface area contributed by atoms with Gasteiger partial charge in [-0.05, 0) is 36.9 Å². The van der Waals surface area contributed by atoms with E-state index >= 15 is 0 Å². The smallest absolute Gasteiger partial charge is 0.396 e. The molecule has 2 nitrogen and oxygen atoms in total. The van der Waals surface area contributed by atoms with Gasteiger partial charge >= 0.3 is 6.18 Å². The van der Waals surface area contributed by atoms with Crippen LogP contribution in [-0.4, -0.2) is 29.7 Å². The summed E-state index contributed by atoms with van der Waals surface area (Å²) >= 11 is 0. The molecule has 0 radical (unpaired) electrons. The highest BCUT2D eigenvalue weighted by molar-refractivity contribution is 5.25. The minimum atomic E-state index is -4.28. The highest BCUT2D eigenvalue weighted by Crippen LogP contribution is 2.30. The van der Waals surface area contributed by atoms with Gasteiger partial charge in [0.15, 0.2) is 0 Å². The first-order valence-corrected chi connectivity index (χ1v) is 6.48. The molecule has 1 aliphatic heterocycles. The molecular formula is C14H18F3NO. The van der Waals surface area contributed by atoms with E-state index in [0.717, 1.165) is 32.0 Å². The van der Waals surface area contributed by atoms with Gasteiger partial charge in [0.1, 0.15) is 0 Å². The molecule has 0 aromatic heterocycles. The highest BCUT2D eigenvalue weighted by Gasteiger charge is 2.30. The molecule has 0 amide bonds. The van der Waals surface area contributed by atoms with E-state index in [9.17, 15) is 13.2 Å². The first-order chi connectivity index (χ1) is 8.99. The van der Waals surface area contributed by atoms with Crippen molar-refractivity contribution in [2.24, 2.45) is 5.92 Å². The largest absolute Gasteiger partial charge is 0.416 e. The Morgan fingerprint density at radius 1 is 1.32 bits per heavy atom. The van der Waals surface area contributed by atoms with Crippen molar-refractivity contribution in [3.8, 4) is 0 Å². The number of hydrogen-bond donors (Lipinski definition) is 1. The third-order valence-corrected chi connectivity index (χ3v) is 3.57. The quantitative estimate of drug-likeness (QED) is 0.911. The minimum absolute atomic E-state index is 0.183. The molecule has 1 fully saturated rings. The average molecular weight is 273 g/mol. The maximum atomic E-state index is 12.6. The molecule has 1 aromatic rings. The van der Waals surface area contributed by atoms with Gasteiger partial charge in [0, 0.05) is 19.7 Å². The van der Waals surface area contributed by atoms with Crippen LogP contribution in [0, 0.1) is 5.92 Å². The molecule has 1 saturated heterocycles. The molecule has 0 spiro atoms. The number of hydrogen-bond acceptors (Lipinski definition) is 2. The van der Waals surface area contributed by atoms with E-state index in [-0.39, 0.29) is 6.61 Å². The van der Waals surface area contributed by atoms with Crippen LogP contribution in [0.1, 0.15) is 24.0 Å². The molecule has 106 valence electrons. The van der Waals surface area contributed by atoms with Gasteiger partial charge in [-0.3, -0.25) is 4.90 Å². The second kappa shape index (κ2) is 5.92. The molecule has 1 aromatic carbocycles. The monoisotopic (exact) mass is 273 g/mol. The van der Waals surface area contributed by atoms with Gasteiger partial charge < -0.3 is 5.11 Å². The molecule has 19 heavy (non-hydrogen) atoms. The Bertz CT molecular complexity index is 419. The lowest BCUT2D eigenvalue weighted by molar-refractivity contribution is -0.137. The van der Waals surface area contributed by atoms with Crippen molar-refractivity contribution >= 4 is 0 Å². The van der Waals surface area contributed by atoms with Crippen LogP contribution in [0.5, 0.6) is 0 Å². The number of alkyl halides is 3. The molecular weight excluding hydrogens is 255 g/mol. The number of benzene rings is 1. The zero-order valence-corrected chi connectivity index (χ0v) is 10.7. The van der Waals surface area contributed by atoms with Gasteiger partial charge in [-0.25, -0.2) is 0 Å². The van der Waals surface area contributed by atoms with Crippen LogP contribution in [0.15, 0.2) is 24.3 Å². The zero-order chi connectivity index (χ0) is 13.9. The molecule has 1 heterocycles. The summed E-state index contributed by atoms with van der Waals surface area (Å²) in [5.74, 6) is 0.468. The number of aliphatic hydroxyl groups is 1. The first-order valence-electron chi connectivity index (χ1n) is 6.48. The number of aliphatic hydroxyl groups excluding tert-OH is 1. The van der Waals surface area contributed by atoms with Crippen LogP contribution in [0.3, 0.4) is 0 Å². The van der Waals surface area contributed by atoms with Crippen LogP contribution < -0.4 is 0 Å². The van der Waals surface area contributed by atoms with Crippen molar-refractivity contribution < 1.29 is 18.3 Å². The van der Waals surface area contributed by atoms with Crippen LogP contribution in [0.4, 0.5) is 13.2 Å². The van der Waals surface area contributed by atoms with Crippen LogP contribution in [-0.2, 0) is 12.7 Å². The third kappa shape index (κ3) is 3.94. The van der Waals surface area contributed by atoms with Crippen molar-refractivity contribution in [1.29, 1.82) is 0 Å². The summed E-state index contributed by atoms with van der Waals surface area (Å²) in [5, 5.41) is 8.89. The summed E-state index contributed by atoms with van der Waals surface area (Å²) in [4.78, 5) is 2.15. The van der Waals surface area contributed by atoms with E-state index in [4.69, 9.17) is 5.11 Å². The summed E-state index contributed by atoms with van der Waals surface area (Å²) in [6.07, 6.45) is -2.49. The average Bonchev–Trinajstić information content (AvgIpc) is 2.76. The minimum Gasteiger partial charge on any atom is -0.396 e. The maximum absolute atomic E-state index is 12.6. The van der Waals surface area contributed by atoms with Crippen molar-refractivity contribution in [1.82, 2.24) is 4.90 Å². The van der Waals surface area contributed by atoms with Gasteiger partial charge in [-0.2, -0.15) is 13.2 Å². The lowest BCUT2D eigenvalue weighted by atomic mass is 10.1. The summed E-state index contributed by atoms with van der Waals surface area (Å²) in [7, 11) is 0. The molecule has 1 atom stereocenters. The Labute approximate surface area is 110 Å². The fourth-order valence-corrected chi connectivity index (χ4v) is 2.58. The topological polar surface area (TPSA) is 23.5 Å². The third-order valence-electron chi connectivity index (χ3n) is 3.57. The number of nitrogens with zero attached hydrogens (tertiary/aromatic N) is 1. The number of likely N-dealkylation sites (tertiary alicyclic amines) is 1. The number of rotatable bonds is 4. The van der Waals surface area contributed by atoms with Gasteiger partial charge in [-0.1, -0.05) is 18.2 Å². The Balaban J connectivity index is 1.97. The second-order valence-electron chi connectivity index (χ2n) is 5.10. The highest BCUT2D eigenvalue weighted by atomic mass is 19.4. The normalized spacial score (nSPS) is 20.9. The molecule has 2 rings (SSSR count). The summed E-state index contributed by atoms with van der Waals surface area (Å²) < 4.78 is 37.8. The van der Waals surface area contributed by atoms with Crippen molar-refractivity contribution in [2.45, 2.75) is 25.6 Å². The van der Waals surface area contributed by atoms with Gasteiger partial charge in [0.05, 0.1) is 5.56 Å². The molecule has 0 saturated carbocycles. The summed E-state index contributed by atoms with van der Waals surface area (Å²) in [5.41, 5.74) is 0.107. The molecule has 1 N–H and O–H groups in total. The Morgan fingerprint density at radius 2 is 2.11 bits per heavy atom. The van der Waals surface area contributed by atoms with Gasteiger partial charge in [0.25, 0.3) is 0 Å². The maximum Gasteiger partial charge on any atom is 0.416 e. The number of halogens is 3. The molecule has 0 aliphatic carbocycles. The molecule has 1 unspecified atom stereocenters. The summed E-state index contributed by atoms with van der Waals surface area (Å²) in [6, 6.07) is 5.51. The van der Waals surface area contributed by atoms with E-state index < -0.39 is 11.7 Å². The van der Waals surface area contributed by atoms with Gasteiger partial charge in [-0.15, -0.1) is 0 Å². The fourth-order valence-electron chi connectivity index (χ4n) is 2.58. The lowest BCUT2D eigenvalue weighted by Gasteiger charge is -2.17. The predicted molar refractivity (Wildman–Crippen MR) is 66.5 cm³/mol. The summed E-state index contributed by atoms with van der Waals surface area (Å²) in [6.45, 7) is 2.48. The molecule has 5 heteroatoms. The first kappa shape index (κ1) is 14.3. The van der Waals surface area contributed by atoms with Crippen LogP contribution in [0.2, 0.25) is 0 Å². The molecule has 0 bridgehead atoms. The second-order valence-corrected chi connectivity index (χ2v) is 5.10. The van der Waals surface area contributed by atoms with Crippen molar-refractivity contribution in [2.75, 3.05) is 19.7 Å². The Kier molecular flexibility index (Phi) is 4.47. The van der Waals surface area contributed by atoms with Gasteiger partial charge in [0.2, 0.25) is 0 Å². The standard InChI is InChI=1S/C14H18F3NO/c15-14(16,17)13-3-1-2-12(8-13)10-18-6-4-11(9-18)5-7-19/h1-3,8,11,19H,4-7,9-10H2. The van der Waals surface area contributed by atoms with E-state index in [1.807, 2.05) is 0 Å². The Hall–Kier alpha value is -1.07. The molecule has 1 aliphatic rings. The Morgan fingerprint density at radius 3 is 2.79 bits per heavy atom. The van der Waals surface area contributed by atoms with E-state index in [1.165, 1.54) is 12.1 Å². The zero-order valence-electron chi connectivity index (χ0n) is 10.7. The van der Waals surface area contributed by atoms with E-state index in [1.54, 1.807) is 6.07 Å². The van der Waals surface area contributed by atoms with E-state index in [2.05, 4.69) is 4.90 Å². The lowest BCUT2D eigenvalue weighted by Crippen LogP contribution is -2.20. The fraction of sp³-hybridized carbons (Fsp3) is 0.571. The predicted octanol–water partition coefficient (Wildman–Crippen LogP) is 2.91. The van der Waals surface area contributed by atoms with E-state index in [0.29, 0.717) is 18.0 Å². The van der Waals surface area contributed by atoms with Crippen LogP contribution in [0.25, 0.3) is 0 Å².